The van der Waals surface area contributed by atoms with Crippen molar-refractivity contribution in [3.05, 3.63) is 0 Å². The minimum Gasteiger partial charge on any atom is -0.367 e. The van der Waals surface area contributed by atoms with E-state index in [1.165, 1.54) is 0 Å². The largest absolute Gasteiger partial charge is 0.367 e. The fourth-order valence-corrected chi connectivity index (χ4v) is 0.937. The van der Waals surface area contributed by atoms with Gasteiger partial charge in [0.15, 0.2) is 0 Å². The van der Waals surface area contributed by atoms with Crippen LogP contribution in [0.3, 0.4) is 0 Å². The highest BCUT2D eigenvalue weighted by molar-refractivity contribution is 5.81. The normalized spacial score (nSPS) is 13.7. The molecule has 1 atom stereocenters. The van der Waals surface area contributed by atoms with Crippen LogP contribution < -0.4 is 10.6 Å². The Balaban J connectivity index is 3.88. The number of hydrogen-bond acceptors (Lipinski definition) is 3. The fourth-order valence-electron chi connectivity index (χ4n) is 0.937. The predicted molar refractivity (Wildman–Crippen MR) is 61.9 cm³/mol. The monoisotopic (exact) mass is 216 g/mol. The molecule has 0 bridgehead atoms. The highest BCUT2D eigenvalue weighted by atomic mass is 16.5. The third-order valence-corrected chi connectivity index (χ3v) is 2.43. The summed E-state index contributed by atoms with van der Waals surface area (Å²) in [6, 6.07) is 0. The first-order valence-corrected chi connectivity index (χ1v) is 5.51. The Bertz CT molecular complexity index is 193. The summed E-state index contributed by atoms with van der Waals surface area (Å²) in [5.74, 6) is -0.0436. The molecule has 4 heteroatoms. The molecule has 0 aliphatic carbocycles. The molecular formula is C11H24N2O2. The number of hydrogen-bond donors (Lipinski definition) is 2. The first kappa shape index (κ1) is 14.4. The van der Waals surface area contributed by atoms with E-state index < -0.39 is 0 Å². The number of amides is 1. The van der Waals surface area contributed by atoms with Crippen LogP contribution in [0.25, 0.3) is 0 Å². The Hall–Kier alpha value is -0.610. The van der Waals surface area contributed by atoms with Crippen LogP contribution >= 0.6 is 0 Å². The van der Waals surface area contributed by atoms with Gasteiger partial charge in [-0.25, -0.2) is 0 Å². The Labute approximate surface area is 92.8 Å². The van der Waals surface area contributed by atoms with Gasteiger partial charge in [-0.3, -0.25) is 4.79 Å². The first-order chi connectivity index (χ1) is 6.93. The van der Waals surface area contributed by atoms with Gasteiger partial charge in [-0.1, -0.05) is 6.92 Å². The Morgan fingerprint density at radius 3 is 2.53 bits per heavy atom. The quantitative estimate of drug-likeness (QED) is 0.622. The molecule has 0 aromatic heterocycles. The summed E-state index contributed by atoms with van der Waals surface area (Å²) in [5.41, 5.74) is -0.155. The van der Waals surface area contributed by atoms with Gasteiger partial charge in [-0.15, -0.1) is 0 Å². The number of carbonyl (C=O) groups excluding carboxylic acids is 1. The third-order valence-electron chi connectivity index (χ3n) is 2.43. The topological polar surface area (TPSA) is 50.4 Å². The molecule has 0 saturated heterocycles. The number of carbonyl (C=O) groups is 1. The molecule has 0 aliphatic heterocycles. The summed E-state index contributed by atoms with van der Waals surface area (Å²) < 4.78 is 5.36. The zero-order chi connectivity index (χ0) is 11.9. The maximum Gasteiger partial charge on any atom is 0.249 e. The van der Waals surface area contributed by atoms with E-state index in [0.717, 1.165) is 13.0 Å². The van der Waals surface area contributed by atoms with Crippen molar-refractivity contribution in [3.63, 3.8) is 0 Å². The molecule has 0 rings (SSSR count). The Morgan fingerprint density at radius 2 is 2.07 bits per heavy atom. The van der Waals surface area contributed by atoms with Crippen LogP contribution in [0.15, 0.2) is 0 Å². The van der Waals surface area contributed by atoms with E-state index in [-0.39, 0.29) is 17.6 Å². The molecule has 0 aliphatic rings. The van der Waals surface area contributed by atoms with Crippen LogP contribution in [0.1, 0.15) is 34.1 Å². The van der Waals surface area contributed by atoms with E-state index >= 15 is 0 Å². The lowest BCUT2D eigenvalue weighted by Crippen LogP contribution is -2.47. The molecule has 0 heterocycles. The van der Waals surface area contributed by atoms with E-state index in [2.05, 4.69) is 10.6 Å². The van der Waals surface area contributed by atoms with Crippen LogP contribution in [0.5, 0.6) is 0 Å². The van der Waals surface area contributed by atoms with Crippen molar-refractivity contribution in [2.45, 2.75) is 45.8 Å². The molecule has 2 N–H and O–H groups in total. The minimum absolute atomic E-state index is 0.0436. The number of likely N-dealkylation sites (N-methyl/N-ethyl adjacent to an activating group) is 1. The van der Waals surface area contributed by atoms with E-state index in [0.29, 0.717) is 6.61 Å². The highest BCUT2D eigenvalue weighted by Crippen LogP contribution is 2.07. The van der Waals surface area contributed by atoms with Crippen molar-refractivity contribution >= 4 is 5.91 Å². The highest BCUT2D eigenvalue weighted by Gasteiger charge is 2.21. The smallest absolute Gasteiger partial charge is 0.249 e. The van der Waals surface area contributed by atoms with E-state index in [1.807, 2.05) is 27.8 Å². The van der Waals surface area contributed by atoms with Gasteiger partial charge in [-0.05, 0) is 34.2 Å². The average Bonchev–Trinajstić information content (AvgIpc) is 2.17. The summed E-state index contributed by atoms with van der Waals surface area (Å²) in [6.45, 7) is 9.15. The minimum atomic E-state index is -0.385. The van der Waals surface area contributed by atoms with Crippen LogP contribution in [0.4, 0.5) is 0 Å². The molecular weight excluding hydrogens is 192 g/mol. The molecule has 90 valence electrons. The lowest BCUT2D eigenvalue weighted by Gasteiger charge is -2.26. The molecule has 4 nitrogen and oxygen atoms in total. The Kier molecular flexibility index (Phi) is 6.52. The average molecular weight is 216 g/mol. The molecule has 0 spiro atoms. The number of ether oxygens (including phenoxy) is 1. The van der Waals surface area contributed by atoms with Gasteiger partial charge in [0.05, 0.1) is 6.61 Å². The number of nitrogens with one attached hydrogen (secondary N) is 2. The van der Waals surface area contributed by atoms with Crippen molar-refractivity contribution < 1.29 is 9.53 Å². The van der Waals surface area contributed by atoms with Crippen molar-refractivity contribution in [1.82, 2.24) is 10.6 Å². The number of rotatable bonds is 7. The second-order valence-electron chi connectivity index (χ2n) is 4.34. The van der Waals surface area contributed by atoms with Gasteiger partial charge in [0.2, 0.25) is 5.91 Å². The van der Waals surface area contributed by atoms with Gasteiger partial charge in [0.1, 0.15) is 6.10 Å². The van der Waals surface area contributed by atoms with E-state index in [1.54, 1.807) is 6.92 Å². The van der Waals surface area contributed by atoms with Crippen molar-refractivity contribution in [3.8, 4) is 0 Å². The molecule has 0 aromatic rings. The second kappa shape index (κ2) is 6.80. The maximum atomic E-state index is 11.7. The van der Waals surface area contributed by atoms with Crippen molar-refractivity contribution in [2.24, 2.45) is 0 Å². The molecule has 1 amide bonds. The van der Waals surface area contributed by atoms with Gasteiger partial charge >= 0.3 is 0 Å². The zero-order valence-electron chi connectivity index (χ0n) is 10.5. The van der Waals surface area contributed by atoms with Gasteiger partial charge in [0.25, 0.3) is 0 Å². The SMILES string of the molecule is CCC(C)(C)NC(=O)C(C)OCCNC. The van der Waals surface area contributed by atoms with Crippen molar-refractivity contribution in [1.29, 1.82) is 0 Å². The lowest BCUT2D eigenvalue weighted by molar-refractivity contribution is -0.133. The van der Waals surface area contributed by atoms with Crippen LogP contribution in [-0.2, 0) is 9.53 Å². The summed E-state index contributed by atoms with van der Waals surface area (Å²) in [7, 11) is 1.86. The van der Waals surface area contributed by atoms with Gasteiger partial charge in [-0.2, -0.15) is 0 Å². The van der Waals surface area contributed by atoms with Crippen molar-refractivity contribution in [2.75, 3.05) is 20.2 Å². The summed E-state index contributed by atoms with van der Waals surface area (Å²) >= 11 is 0. The summed E-state index contributed by atoms with van der Waals surface area (Å²) in [6.07, 6.45) is 0.520. The molecule has 0 fully saturated rings. The Morgan fingerprint density at radius 1 is 1.47 bits per heavy atom. The maximum absolute atomic E-state index is 11.7. The summed E-state index contributed by atoms with van der Waals surface area (Å²) in [5, 5.41) is 5.91. The molecule has 0 radical (unpaired) electrons. The second-order valence-corrected chi connectivity index (χ2v) is 4.34. The van der Waals surface area contributed by atoms with E-state index in [9.17, 15) is 4.79 Å². The third kappa shape index (κ3) is 6.47. The lowest BCUT2D eigenvalue weighted by atomic mass is 10.0. The van der Waals surface area contributed by atoms with Crippen LogP contribution in [0.2, 0.25) is 0 Å². The van der Waals surface area contributed by atoms with E-state index in [4.69, 9.17) is 4.74 Å². The molecule has 1 unspecified atom stereocenters. The van der Waals surface area contributed by atoms with Gasteiger partial charge < -0.3 is 15.4 Å². The first-order valence-electron chi connectivity index (χ1n) is 5.51. The predicted octanol–water partition coefficient (Wildman–Crippen LogP) is 0.916. The molecule has 0 aromatic carbocycles. The van der Waals surface area contributed by atoms with Crippen LogP contribution in [-0.4, -0.2) is 37.7 Å². The van der Waals surface area contributed by atoms with Crippen LogP contribution in [0, 0.1) is 0 Å². The molecule has 15 heavy (non-hydrogen) atoms. The molecule has 0 saturated carbocycles. The van der Waals surface area contributed by atoms with Gasteiger partial charge in [0, 0.05) is 12.1 Å². The fraction of sp³-hybridized carbons (Fsp3) is 0.909. The zero-order valence-corrected chi connectivity index (χ0v) is 10.5. The summed E-state index contributed by atoms with van der Waals surface area (Å²) in [4.78, 5) is 11.7. The standard InChI is InChI=1S/C11H24N2O2/c1-6-11(3,4)13-10(14)9(2)15-8-7-12-5/h9,12H,6-8H2,1-5H3,(H,13,14).